The number of carbonyl (C=O) groups is 1. The van der Waals surface area contributed by atoms with Gasteiger partial charge in [0.2, 0.25) is 5.91 Å². The smallest absolute Gasteiger partial charge is 0.387 e. The summed E-state index contributed by atoms with van der Waals surface area (Å²) in [5.41, 5.74) is 5.37. The van der Waals surface area contributed by atoms with Crippen molar-refractivity contribution in [2.24, 2.45) is 5.73 Å². The number of unbranched alkanes of at least 4 members (excludes halogenated alkanes) is 12. The number of rotatable bonds is 40. The Balaban J connectivity index is 4.35. The van der Waals surface area contributed by atoms with Crippen molar-refractivity contribution in [1.82, 2.24) is 5.32 Å². The molecular formula is C49H83N2O6P. The summed E-state index contributed by atoms with van der Waals surface area (Å²) in [6.07, 6.45) is 61.4. The van der Waals surface area contributed by atoms with Crippen LogP contribution in [0.1, 0.15) is 162 Å². The van der Waals surface area contributed by atoms with Crippen molar-refractivity contribution >= 4 is 13.7 Å². The van der Waals surface area contributed by atoms with Crippen LogP contribution >= 0.6 is 7.82 Å². The summed E-state index contributed by atoms with van der Waals surface area (Å²) < 4.78 is 22.1. The quantitative estimate of drug-likeness (QED) is 0.0275. The minimum absolute atomic E-state index is 0.0607. The van der Waals surface area contributed by atoms with Crippen LogP contribution < -0.4 is 11.1 Å². The predicted octanol–water partition coefficient (Wildman–Crippen LogP) is 12.9. The van der Waals surface area contributed by atoms with E-state index in [4.69, 9.17) is 14.8 Å². The van der Waals surface area contributed by atoms with Crippen LogP contribution in [-0.2, 0) is 18.4 Å². The van der Waals surface area contributed by atoms with Gasteiger partial charge in [0.15, 0.2) is 0 Å². The summed E-state index contributed by atoms with van der Waals surface area (Å²) in [4.78, 5) is 22.7. The normalized spacial score (nSPS) is 15.1. The van der Waals surface area contributed by atoms with Crippen molar-refractivity contribution in [2.75, 3.05) is 19.8 Å². The van der Waals surface area contributed by atoms with Gasteiger partial charge < -0.3 is 21.1 Å². The molecule has 0 radical (unpaired) electrons. The van der Waals surface area contributed by atoms with Crippen LogP contribution in [0.2, 0.25) is 0 Å². The molecule has 0 aliphatic carbocycles. The first-order valence-corrected chi connectivity index (χ1v) is 24.0. The highest BCUT2D eigenvalue weighted by molar-refractivity contribution is 7.47. The van der Waals surface area contributed by atoms with Gasteiger partial charge in [-0.15, -0.1) is 0 Å². The van der Waals surface area contributed by atoms with Crippen LogP contribution in [0.25, 0.3) is 0 Å². The van der Waals surface area contributed by atoms with Crippen LogP contribution in [0.4, 0.5) is 0 Å². The second kappa shape index (κ2) is 43.7. The van der Waals surface area contributed by atoms with E-state index >= 15 is 0 Å². The average Bonchev–Trinajstić information content (AvgIpc) is 3.21. The SMILES string of the molecule is CC/C=C\C/C=C\C/C=C\C/C=C\C/C=C\C/C=C\CCCCCCC(=O)NC(COP(=O)(O)OCCN)C(O)/C=C/CC/C=C/CC/C=C/CCCCCCCC. The second-order valence-electron chi connectivity index (χ2n) is 14.5. The van der Waals surface area contributed by atoms with Crippen LogP contribution in [0.5, 0.6) is 0 Å². The number of nitrogens with one attached hydrogen (secondary N) is 1. The third-order valence-corrected chi connectivity index (χ3v) is 10.0. The Morgan fingerprint density at radius 2 is 1.02 bits per heavy atom. The fourth-order valence-corrected chi connectivity index (χ4v) is 6.45. The number of phosphoric ester groups is 1. The number of carbonyl (C=O) groups excluding carboxylic acids is 1. The van der Waals surface area contributed by atoms with Crippen LogP contribution in [0.15, 0.2) is 109 Å². The van der Waals surface area contributed by atoms with Crippen LogP contribution in [0, 0.1) is 0 Å². The van der Waals surface area contributed by atoms with E-state index in [1.807, 2.05) is 6.08 Å². The highest BCUT2D eigenvalue weighted by atomic mass is 31.2. The Labute approximate surface area is 354 Å². The van der Waals surface area contributed by atoms with Crippen molar-refractivity contribution in [2.45, 2.75) is 174 Å². The van der Waals surface area contributed by atoms with Gasteiger partial charge in [-0.1, -0.05) is 168 Å². The minimum Gasteiger partial charge on any atom is -0.387 e. The van der Waals surface area contributed by atoms with Crippen molar-refractivity contribution in [1.29, 1.82) is 0 Å². The van der Waals surface area contributed by atoms with E-state index in [9.17, 15) is 19.4 Å². The molecule has 0 aliphatic rings. The molecule has 0 fully saturated rings. The van der Waals surface area contributed by atoms with Gasteiger partial charge in [0.1, 0.15) is 0 Å². The maximum absolute atomic E-state index is 12.8. The van der Waals surface area contributed by atoms with Gasteiger partial charge in [-0.05, 0) is 96.3 Å². The topological polar surface area (TPSA) is 131 Å². The van der Waals surface area contributed by atoms with Gasteiger partial charge in [-0.2, -0.15) is 0 Å². The van der Waals surface area contributed by atoms with E-state index in [-0.39, 0.29) is 25.7 Å². The zero-order chi connectivity index (χ0) is 42.5. The Bertz CT molecular complexity index is 1270. The first-order chi connectivity index (χ1) is 28.4. The fourth-order valence-electron chi connectivity index (χ4n) is 5.69. The highest BCUT2D eigenvalue weighted by Gasteiger charge is 2.26. The van der Waals surface area contributed by atoms with Gasteiger partial charge in [0.05, 0.1) is 25.4 Å². The van der Waals surface area contributed by atoms with Gasteiger partial charge in [-0.25, -0.2) is 4.57 Å². The van der Waals surface area contributed by atoms with E-state index in [1.54, 1.807) is 6.08 Å². The summed E-state index contributed by atoms with van der Waals surface area (Å²) in [6.45, 7) is 3.93. The van der Waals surface area contributed by atoms with E-state index in [1.165, 1.54) is 44.9 Å². The van der Waals surface area contributed by atoms with Crippen molar-refractivity contribution in [3.63, 3.8) is 0 Å². The summed E-state index contributed by atoms with van der Waals surface area (Å²) in [7, 11) is -4.37. The summed E-state index contributed by atoms with van der Waals surface area (Å²) in [6, 6.07) is -0.905. The monoisotopic (exact) mass is 827 g/mol. The third-order valence-electron chi connectivity index (χ3n) is 9.06. The molecule has 0 aromatic rings. The molecule has 3 atom stereocenters. The number of hydrogen-bond acceptors (Lipinski definition) is 6. The zero-order valence-corrected chi connectivity index (χ0v) is 37.4. The largest absolute Gasteiger partial charge is 0.472 e. The van der Waals surface area contributed by atoms with Gasteiger partial charge >= 0.3 is 7.82 Å². The molecule has 0 bridgehead atoms. The Kier molecular flexibility index (Phi) is 41.6. The molecule has 8 nitrogen and oxygen atoms in total. The van der Waals surface area contributed by atoms with Crippen LogP contribution in [-0.4, -0.2) is 47.8 Å². The molecule has 1 amide bonds. The van der Waals surface area contributed by atoms with Crippen molar-refractivity contribution in [3.05, 3.63) is 109 Å². The number of aliphatic hydroxyl groups is 1. The number of allylic oxidation sites excluding steroid dienone is 17. The first-order valence-electron chi connectivity index (χ1n) is 22.5. The Morgan fingerprint density at radius 1 is 0.586 bits per heavy atom. The number of amides is 1. The van der Waals surface area contributed by atoms with Gasteiger partial charge in [0.25, 0.3) is 0 Å². The predicted molar refractivity (Wildman–Crippen MR) is 249 cm³/mol. The molecule has 330 valence electrons. The molecule has 0 aromatic carbocycles. The molecule has 5 N–H and O–H groups in total. The molecule has 0 aliphatic heterocycles. The molecule has 0 spiro atoms. The third kappa shape index (κ3) is 41.3. The summed E-state index contributed by atoms with van der Waals surface area (Å²) in [5, 5.41) is 13.6. The lowest BCUT2D eigenvalue weighted by Crippen LogP contribution is -2.45. The number of hydrogen-bond donors (Lipinski definition) is 4. The molecule has 0 heterocycles. The lowest BCUT2D eigenvalue weighted by molar-refractivity contribution is -0.123. The fraction of sp³-hybridized carbons (Fsp3) is 0.612. The summed E-state index contributed by atoms with van der Waals surface area (Å²) >= 11 is 0. The zero-order valence-electron chi connectivity index (χ0n) is 36.5. The average molecular weight is 827 g/mol. The van der Waals surface area contributed by atoms with Gasteiger partial charge in [0, 0.05) is 13.0 Å². The molecular weight excluding hydrogens is 744 g/mol. The first kappa shape index (κ1) is 55.2. The molecule has 3 unspecified atom stereocenters. The number of aliphatic hydroxyl groups excluding tert-OH is 1. The number of phosphoric acid groups is 1. The molecule has 9 heteroatoms. The standard InChI is InChI=1S/C49H83N2O6P/c1-3-5-7-9-11-13-15-17-19-21-22-23-24-25-26-27-29-31-33-35-37-39-41-43-49(53)51-47(46-57-58(54,55)56-45-44-50)48(52)42-40-38-36-34-32-30-28-20-18-16-14-12-10-8-6-4-2/h5,7,11,13,17-20,22-23,25-26,29,31-32,34,40,42,47-48,52H,3-4,6,8-10,12,14-16,21,24,27-28,30,33,35-39,41,43-46,50H2,1-2H3,(H,51,53)(H,54,55)/b7-5-,13-11-,19-17-,20-18+,23-22-,26-25-,31-29-,34-32+,42-40+. The van der Waals surface area contributed by atoms with E-state index < -0.39 is 20.0 Å². The van der Waals surface area contributed by atoms with E-state index in [0.29, 0.717) is 12.8 Å². The Morgan fingerprint density at radius 3 is 1.53 bits per heavy atom. The maximum Gasteiger partial charge on any atom is 0.472 e. The van der Waals surface area contributed by atoms with E-state index in [2.05, 4.69) is 116 Å². The molecule has 0 saturated carbocycles. The minimum atomic E-state index is -4.37. The van der Waals surface area contributed by atoms with Crippen molar-refractivity contribution < 1.29 is 28.4 Å². The number of nitrogens with two attached hydrogens (primary N) is 1. The Hall–Kier alpha value is -2.84. The van der Waals surface area contributed by atoms with E-state index in [0.717, 1.165) is 89.9 Å². The molecule has 0 aromatic heterocycles. The van der Waals surface area contributed by atoms with Crippen molar-refractivity contribution in [3.8, 4) is 0 Å². The van der Waals surface area contributed by atoms with Gasteiger partial charge in [-0.3, -0.25) is 13.8 Å². The van der Waals surface area contributed by atoms with Crippen LogP contribution in [0.3, 0.4) is 0 Å². The molecule has 58 heavy (non-hydrogen) atoms. The molecule has 0 rings (SSSR count). The maximum atomic E-state index is 12.8. The molecule has 0 saturated heterocycles. The second-order valence-corrected chi connectivity index (χ2v) is 16.0. The lowest BCUT2D eigenvalue weighted by Gasteiger charge is -2.23. The highest BCUT2D eigenvalue weighted by Crippen LogP contribution is 2.43. The summed E-state index contributed by atoms with van der Waals surface area (Å²) in [5.74, 6) is -0.238. The lowest BCUT2D eigenvalue weighted by atomic mass is 10.1.